The number of carbonyl (C=O) groups is 2. The Morgan fingerprint density at radius 1 is 1.05 bits per heavy atom. The van der Waals surface area contributed by atoms with Crippen LogP contribution in [0.15, 0.2) is 24.3 Å². The first kappa shape index (κ1) is 30.5. The second-order valence-corrected chi connectivity index (χ2v) is 10.2. The predicted molar refractivity (Wildman–Crippen MR) is 155 cm³/mol. The fourth-order valence-corrected chi connectivity index (χ4v) is 5.24. The summed E-state index contributed by atoms with van der Waals surface area (Å²) in [5, 5.41) is 0. The molecule has 0 radical (unpaired) electrons. The van der Waals surface area contributed by atoms with Gasteiger partial charge in [-0.15, -0.1) is 0 Å². The zero-order chi connectivity index (χ0) is 28.2. The van der Waals surface area contributed by atoms with E-state index in [0.29, 0.717) is 49.5 Å². The molecule has 8 nitrogen and oxygen atoms in total. The van der Waals surface area contributed by atoms with Gasteiger partial charge in [0.1, 0.15) is 23.0 Å². The van der Waals surface area contributed by atoms with Crippen molar-refractivity contribution in [2.75, 3.05) is 26.6 Å². The van der Waals surface area contributed by atoms with Crippen molar-refractivity contribution in [3.8, 4) is 23.0 Å². The normalized spacial score (nSPS) is 14.2. The molecule has 0 spiro atoms. The maximum Gasteiger partial charge on any atom is 0.252 e. The number of methoxy groups -OCH3 is 1. The molecule has 0 aromatic heterocycles. The highest BCUT2D eigenvalue weighted by atomic mass is 32.2. The van der Waals surface area contributed by atoms with Crippen LogP contribution >= 0.6 is 11.9 Å². The van der Waals surface area contributed by atoms with E-state index >= 15 is 0 Å². The summed E-state index contributed by atoms with van der Waals surface area (Å²) >= 11 is 1.32. The van der Waals surface area contributed by atoms with E-state index in [-0.39, 0.29) is 12.0 Å². The van der Waals surface area contributed by atoms with Gasteiger partial charge >= 0.3 is 0 Å². The molecule has 1 heterocycles. The third-order valence-corrected chi connectivity index (χ3v) is 7.15. The lowest BCUT2D eigenvalue weighted by atomic mass is 9.95. The van der Waals surface area contributed by atoms with Gasteiger partial charge in [-0.25, -0.2) is 0 Å². The Labute approximate surface area is 236 Å². The Morgan fingerprint density at radius 2 is 1.72 bits per heavy atom. The summed E-state index contributed by atoms with van der Waals surface area (Å²) in [7, 11) is 1.54. The van der Waals surface area contributed by atoms with Crippen LogP contribution in [0.3, 0.4) is 0 Å². The molecule has 0 saturated heterocycles. The molecule has 0 aliphatic carbocycles. The fourth-order valence-electron chi connectivity index (χ4n) is 4.91. The zero-order valence-corrected chi connectivity index (χ0v) is 24.4. The third kappa shape index (κ3) is 8.21. The maximum absolute atomic E-state index is 11.9. The van der Waals surface area contributed by atoms with Gasteiger partial charge in [0.05, 0.1) is 32.0 Å². The number of fused-ring (bicyclic) bond motifs is 1. The number of hydrogen-bond donors (Lipinski definition) is 2. The van der Waals surface area contributed by atoms with Crippen LogP contribution in [0.4, 0.5) is 0 Å². The van der Waals surface area contributed by atoms with Gasteiger partial charge in [-0.1, -0.05) is 44.7 Å². The zero-order valence-electron chi connectivity index (χ0n) is 23.6. The minimum absolute atomic E-state index is 0.0274. The second kappa shape index (κ2) is 15.5. The molecule has 0 bridgehead atoms. The lowest BCUT2D eigenvalue weighted by molar-refractivity contribution is -0.119. The van der Waals surface area contributed by atoms with E-state index in [9.17, 15) is 9.59 Å². The van der Waals surface area contributed by atoms with Crippen molar-refractivity contribution in [3.05, 3.63) is 46.5 Å². The molecule has 1 atom stereocenters. The van der Waals surface area contributed by atoms with E-state index in [2.05, 4.69) is 24.6 Å². The minimum atomic E-state index is -0.520. The van der Waals surface area contributed by atoms with E-state index in [1.807, 2.05) is 12.3 Å². The number of carbonyl (C=O) groups excluding carboxylic acids is 2. The first-order valence-electron chi connectivity index (χ1n) is 13.8. The van der Waals surface area contributed by atoms with Crippen molar-refractivity contribution in [2.24, 2.45) is 5.73 Å². The Kier molecular flexibility index (Phi) is 12.1. The smallest absolute Gasteiger partial charge is 0.252 e. The van der Waals surface area contributed by atoms with Gasteiger partial charge in [-0.05, 0) is 55.9 Å². The number of nitrogens with one attached hydrogen (secondary N) is 1. The van der Waals surface area contributed by atoms with Crippen molar-refractivity contribution in [1.29, 1.82) is 0 Å². The van der Waals surface area contributed by atoms with Crippen molar-refractivity contribution in [1.82, 2.24) is 4.72 Å². The van der Waals surface area contributed by atoms with E-state index in [1.165, 1.54) is 17.5 Å². The Balaban J connectivity index is 1.61. The third-order valence-electron chi connectivity index (χ3n) is 6.72. The van der Waals surface area contributed by atoms with Crippen molar-refractivity contribution >= 4 is 23.8 Å². The van der Waals surface area contributed by atoms with Gasteiger partial charge in [0.2, 0.25) is 5.91 Å². The van der Waals surface area contributed by atoms with Crippen molar-refractivity contribution in [3.63, 3.8) is 0 Å². The first-order chi connectivity index (χ1) is 18.9. The van der Waals surface area contributed by atoms with Gasteiger partial charge in [-0.2, -0.15) is 0 Å². The van der Waals surface area contributed by atoms with Crippen LogP contribution in [-0.2, 0) is 24.1 Å². The van der Waals surface area contributed by atoms with Crippen LogP contribution in [0.5, 0.6) is 23.0 Å². The van der Waals surface area contributed by atoms with Crippen LogP contribution < -0.4 is 29.4 Å². The SMILES string of the molecule is CCCc1c(OCCCOc2ccc(C(N)=O)c(OC)c2CCC)ccc2c1OC(CCC(=O)NSC)CC2. The number of rotatable bonds is 16. The molecule has 0 saturated carbocycles. The summed E-state index contributed by atoms with van der Waals surface area (Å²) in [6.45, 7) is 5.17. The van der Waals surface area contributed by atoms with Crippen molar-refractivity contribution < 1.29 is 28.5 Å². The van der Waals surface area contributed by atoms with Gasteiger partial charge < -0.3 is 29.4 Å². The molecule has 1 aliphatic heterocycles. The largest absolute Gasteiger partial charge is 0.495 e. The Morgan fingerprint density at radius 3 is 2.36 bits per heavy atom. The highest BCUT2D eigenvalue weighted by Gasteiger charge is 2.25. The molecule has 3 rings (SSSR count). The maximum atomic E-state index is 11.9. The van der Waals surface area contributed by atoms with E-state index < -0.39 is 5.91 Å². The van der Waals surface area contributed by atoms with Gasteiger partial charge in [0.25, 0.3) is 5.91 Å². The monoisotopic (exact) mass is 558 g/mol. The summed E-state index contributed by atoms with van der Waals surface area (Å²) < 4.78 is 27.0. The summed E-state index contributed by atoms with van der Waals surface area (Å²) in [6.07, 6.45) is 8.99. The standard InChI is InChI=1S/C30H42N2O6S/c1-5-8-22-25(15-11-20-10-12-21(38-28(20)22)13-17-27(33)32-39-4)36-18-7-19-37-26-16-14-24(30(31)34)29(35-3)23(26)9-6-2/h11,14-16,21H,5-10,12-13,17-19H2,1-4H3,(H2,31,34)(H,32,33). The lowest BCUT2D eigenvalue weighted by Gasteiger charge is -2.29. The van der Waals surface area contributed by atoms with E-state index in [0.717, 1.165) is 61.2 Å². The molecule has 0 fully saturated rings. The quantitative estimate of drug-likeness (QED) is 0.209. The molecular weight excluding hydrogens is 516 g/mol. The number of nitrogens with two attached hydrogens (primary N) is 1. The van der Waals surface area contributed by atoms with E-state index in [4.69, 9.17) is 24.7 Å². The molecule has 2 amide bonds. The average Bonchev–Trinajstić information content (AvgIpc) is 2.93. The lowest BCUT2D eigenvalue weighted by Crippen LogP contribution is -2.26. The van der Waals surface area contributed by atoms with Crippen molar-refractivity contribution in [2.45, 2.75) is 77.7 Å². The summed E-state index contributed by atoms with van der Waals surface area (Å²) in [4.78, 5) is 23.7. The van der Waals surface area contributed by atoms with Crippen LogP contribution in [0.25, 0.3) is 0 Å². The number of amides is 2. The highest BCUT2D eigenvalue weighted by molar-refractivity contribution is 7.97. The van der Waals surface area contributed by atoms with Gasteiger partial charge in [0.15, 0.2) is 0 Å². The molecule has 2 aromatic rings. The number of primary amides is 1. The van der Waals surface area contributed by atoms with Gasteiger partial charge in [0, 0.05) is 30.2 Å². The summed E-state index contributed by atoms with van der Waals surface area (Å²) in [5.41, 5.74) is 9.04. The molecule has 3 N–H and O–H groups in total. The average molecular weight is 559 g/mol. The predicted octanol–water partition coefficient (Wildman–Crippen LogP) is 5.42. The van der Waals surface area contributed by atoms with Crippen LogP contribution in [-0.4, -0.2) is 44.5 Å². The molecule has 2 aromatic carbocycles. The topological polar surface area (TPSA) is 109 Å². The first-order valence-corrected chi connectivity index (χ1v) is 15.0. The molecule has 39 heavy (non-hydrogen) atoms. The van der Waals surface area contributed by atoms with Crippen LogP contribution in [0, 0.1) is 0 Å². The molecule has 1 unspecified atom stereocenters. The fraction of sp³-hybridized carbons (Fsp3) is 0.533. The number of aryl methyl sites for hydroxylation is 1. The van der Waals surface area contributed by atoms with Crippen LogP contribution in [0.1, 0.15) is 79.4 Å². The minimum Gasteiger partial charge on any atom is -0.495 e. The van der Waals surface area contributed by atoms with Gasteiger partial charge in [-0.3, -0.25) is 9.59 Å². The van der Waals surface area contributed by atoms with Crippen LogP contribution in [0.2, 0.25) is 0 Å². The number of benzene rings is 2. The Hall–Kier alpha value is -3.07. The highest BCUT2D eigenvalue weighted by Crippen LogP contribution is 2.39. The second-order valence-electron chi connectivity index (χ2n) is 9.61. The summed E-state index contributed by atoms with van der Waals surface area (Å²) in [6, 6.07) is 7.59. The molecular formula is C30H42N2O6S. The summed E-state index contributed by atoms with van der Waals surface area (Å²) in [5.74, 6) is 2.47. The number of ether oxygens (including phenoxy) is 4. The Bertz CT molecular complexity index is 1120. The number of hydrogen-bond acceptors (Lipinski definition) is 7. The molecule has 214 valence electrons. The molecule has 1 aliphatic rings. The van der Waals surface area contributed by atoms with E-state index in [1.54, 1.807) is 19.2 Å². The molecule has 9 heteroatoms.